The monoisotopic (exact) mass is 437 g/mol. The van der Waals surface area contributed by atoms with Gasteiger partial charge in [0.1, 0.15) is 5.75 Å². The van der Waals surface area contributed by atoms with Crippen LogP contribution >= 0.6 is 11.6 Å². The van der Waals surface area contributed by atoms with Crippen LogP contribution in [0.3, 0.4) is 0 Å². The van der Waals surface area contributed by atoms with E-state index in [-0.39, 0.29) is 0 Å². The number of piperidine rings is 1. The molecule has 0 bridgehead atoms. The van der Waals surface area contributed by atoms with E-state index in [9.17, 15) is 0 Å². The molecular weight excluding hydrogens is 402 g/mol. The minimum Gasteiger partial charge on any atom is -0.495 e. The van der Waals surface area contributed by atoms with E-state index in [4.69, 9.17) is 21.1 Å². The van der Waals surface area contributed by atoms with E-state index in [1.54, 1.807) is 14.2 Å². The number of aliphatic imine (C=N–C) groups is 1. The fourth-order valence-electron chi connectivity index (χ4n) is 4.27. The van der Waals surface area contributed by atoms with Crippen LogP contribution in [0.15, 0.2) is 23.2 Å². The van der Waals surface area contributed by atoms with Crippen molar-refractivity contribution in [1.82, 2.24) is 15.5 Å². The van der Waals surface area contributed by atoms with Gasteiger partial charge in [-0.2, -0.15) is 0 Å². The third kappa shape index (κ3) is 6.40. The summed E-state index contributed by atoms with van der Waals surface area (Å²) in [6.07, 6.45) is 3.49. The average Bonchev–Trinajstić information content (AvgIpc) is 3.24. The molecule has 30 heavy (non-hydrogen) atoms. The van der Waals surface area contributed by atoms with Crippen molar-refractivity contribution in [3.05, 3.63) is 23.2 Å². The second-order valence-corrected chi connectivity index (χ2v) is 8.56. The molecule has 2 aliphatic heterocycles. The van der Waals surface area contributed by atoms with Crippen molar-refractivity contribution in [1.29, 1.82) is 0 Å². The van der Waals surface area contributed by atoms with Crippen LogP contribution in [0.2, 0.25) is 5.02 Å². The fraction of sp³-hybridized carbons (Fsp3) is 0.682. The third-order valence-corrected chi connectivity index (χ3v) is 6.35. The molecule has 7 nitrogen and oxygen atoms in total. The second kappa shape index (κ2) is 11.6. The van der Waals surface area contributed by atoms with Gasteiger partial charge >= 0.3 is 0 Å². The number of hydrogen-bond acceptors (Lipinski definition) is 5. The lowest BCUT2D eigenvalue weighted by molar-refractivity contribution is 0.121. The second-order valence-electron chi connectivity index (χ2n) is 8.12. The number of hydrogen-bond donors (Lipinski definition) is 2. The molecule has 1 unspecified atom stereocenters. The number of benzene rings is 1. The zero-order valence-electron chi connectivity index (χ0n) is 18.5. The molecule has 1 atom stereocenters. The van der Waals surface area contributed by atoms with Gasteiger partial charge in [-0.05, 0) is 56.5 Å². The normalized spacial score (nSPS) is 21.1. The van der Waals surface area contributed by atoms with Gasteiger partial charge in [0.15, 0.2) is 5.96 Å². The molecule has 0 aliphatic carbocycles. The van der Waals surface area contributed by atoms with Crippen LogP contribution in [0.4, 0.5) is 5.69 Å². The van der Waals surface area contributed by atoms with Crippen molar-refractivity contribution >= 4 is 23.2 Å². The van der Waals surface area contributed by atoms with Crippen molar-refractivity contribution in [2.24, 2.45) is 10.9 Å². The quantitative estimate of drug-likeness (QED) is 0.481. The van der Waals surface area contributed by atoms with Gasteiger partial charge in [-0.1, -0.05) is 11.6 Å². The van der Waals surface area contributed by atoms with E-state index in [0.29, 0.717) is 12.0 Å². The van der Waals surface area contributed by atoms with Gasteiger partial charge in [-0.25, -0.2) is 0 Å². The van der Waals surface area contributed by atoms with Crippen molar-refractivity contribution < 1.29 is 9.47 Å². The Labute approximate surface area is 185 Å². The lowest BCUT2D eigenvalue weighted by Gasteiger charge is -2.32. The number of halogens is 1. The maximum absolute atomic E-state index is 6.21. The summed E-state index contributed by atoms with van der Waals surface area (Å²) in [6.45, 7) is 6.99. The van der Waals surface area contributed by atoms with Gasteiger partial charge in [0.2, 0.25) is 0 Å². The zero-order valence-corrected chi connectivity index (χ0v) is 19.2. The summed E-state index contributed by atoms with van der Waals surface area (Å²) >= 11 is 6.21. The first-order valence-corrected chi connectivity index (χ1v) is 11.3. The summed E-state index contributed by atoms with van der Waals surface area (Å²) in [7, 11) is 5.31. The molecule has 0 saturated carbocycles. The van der Waals surface area contributed by atoms with Crippen LogP contribution in [-0.4, -0.2) is 84.0 Å². The Kier molecular flexibility index (Phi) is 8.90. The Bertz CT molecular complexity index is 694. The van der Waals surface area contributed by atoms with Crippen molar-refractivity contribution in [3.63, 3.8) is 0 Å². The molecule has 3 rings (SSSR count). The first-order valence-electron chi connectivity index (χ1n) is 10.9. The third-order valence-electron chi connectivity index (χ3n) is 6.11. The molecule has 2 N–H and O–H groups in total. The van der Waals surface area contributed by atoms with E-state index in [1.807, 2.05) is 25.2 Å². The molecule has 1 aromatic rings. The van der Waals surface area contributed by atoms with Gasteiger partial charge in [-0.15, -0.1) is 0 Å². The minimum absolute atomic E-state index is 0.343. The lowest BCUT2D eigenvalue weighted by Crippen LogP contribution is -2.47. The summed E-state index contributed by atoms with van der Waals surface area (Å²) in [5.41, 5.74) is 1.05. The molecule has 2 saturated heterocycles. The summed E-state index contributed by atoms with van der Waals surface area (Å²) in [5.74, 6) is 2.44. The Morgan fingerprint density at radius 1 is 1.20 bits per heavy atom. The molecule has 2 fully saturated rings. The number of nitrogens with zero attached hydrogens (tertiary/aromatic N) is 3. The predicted molar refractivity (Wildman–Crippen MR) is 124 cm³/mol. The van der Waals surface area contributed by atoms with E-state index >= 15 is 0 Å². The van der Waals surface area contributed by atoms with Crippen LogP contribution in [0.5, 0.6) is 5.75 Å². The van der Waals surface area contributed by atoms with E-state index in [1.165, 1.54) is 12.8 Å². The fourth-order valence-corrected chi connectivity index (χ4v) is 4.44. The largest absolute Gasteiger partial charge is 0.495 e. The standard InChI is InChI=1S/C22H36ClN5O2/c1-24-22(25-15-17-6-9-27(10-7-17)12-13-29-2)26-19-8-11-28(16-19)20-14-18(23)4-5-21(20)30-3/h4-5,14,17,19H,6-13,15-16H2,1-3H3,(H2,24,25,26). The maximum Gasteiger partial charge on any atom is 0.191 e. The van der Waals surface area contributed by atoms with E-state index < -0.39 is 0 Å². The number of likely N-dealkylation sites (tertiary alicyclic amines) is 1. The molecule has 2 aliphatic rings. The summed E-state index contributed by atoms with van der Waals surface area (Å²) in [5, 5.41) is 7.86. The molecule has 2 heterocycles. The molecule has 0 amide bonds. The highest BCUT2D eigenvalue weighted by Gasteiger charge is 2.26. The average molecular weight is 438 g/mol. The first-order chi connectivity index (χ1) is 14.6. The summed E-state index contributed by atoms with van der Waals surface area (Å²) in [4.78, 5) is 9.26. The number of anilines is 1. The highest BCUT2D eigenvalue weighted by atomic mass is 35.5. The van der Waals surface area contributed by atoms with Gasteiger partial charge in [0, 0.05) is 51.4 Å². The van der Waals surface area contributed by atoms with Crippen LogP contribution in [0.1, 0.15) is 19.3 Å². The Morgan fingerprint density at radius 3 is 2.70 bits per heavy atom. The van der Waals surface area contributed by atoms with Crippen molar-refractivity contribution in [3.8, 4) is 5.75 Å². The molecule has 8 heteroatoms. The summed E-state index contributed by atoms with van der Waals surface area (Å²) in [6, 6.07) is 6.12. The molecule has 0 radical (unpaired) electrons. The Morgan fingerprint density at radius 2 is 2.00 bits per heavy atom. The lowest BCUT2D eigenvalue weighted by atomic mass is 9.97. The maximum atomic E-state index is 6.21. The van der Waals surface area contributed by atoms with E-state index in [2.05, 4.69) is 25.4 Å². The van der Waals surface area contributed by atoms with Crippen LogP contribution in [0.25, 0.3) is 0 Å². The SMILES string of the molecule is CN=C(NCC1CCN(CCOC)CC1)NC1CCN(c2cc(Cl)ccc2OC)C1. The van der Waals surface area contributed by atoms with Crippen LogP contribution < -0.4 is 20.3 Å². The van der Waals surface area contributed by atoms with Crippen molar-refractivity contribution in [2.45, 2.75) is 25.3 Å². The van der Waals surface area contributed by atoms with Crippen molar-refractivity contribution in [2.75, 3.05) is 72.0 Å². The van der Waals surface area contributed by atoms with E-state index in [0.717, 1.165) is 74.7 Å². The number of methoxy groups -OCH3 is 2. The van der Waals surface area contributed by atoms with Crippen LogP contribution in [-0.2, 0) is 4.74 Å². The minimum atomic E-state index is 0.343. The summed E-state index contributed by atoms with van der Waals surface area (Å²) < 4.78 is 10.7. The molecule has 168 valence electrons. The number of nitrogens with one attached hydrogen (secondary N) is 2. The predicted octanol–water partition coefficient (Wildman–Crippen LogP) is 2.45. The Balaban J connectivity index is 1.43. The van der Waals surface area contributed by atoms with Crippen LogP contribution in [0, 0.1) is 5.92 Å². The van der Waals surface area contributed by atoms with Gasteiger partial charge in [0.05, 0.1) is 19.4 Å². The Hall–Kier alpha value is -1.70. The molecule has 0 spiro atoms. The first kappa shape index (κ1) is 23.0. The highest BCUT2D eigenvalue weighted by Crippen LogP contribution is 2.33. The molecular formula is C22H36ClN5O2. The smallest absolute Gasteiger partial charge is 0.191 e. The van der Waals surface area contributed by atoms with Gasteiger partial charge < -0.3 is 29.9 Å². The van der Waals surface area contributed by atoms with Gasteiger partial charge in [-0.3, -0.25) is 4.99 Å². The number of ether oxygens (including phenoxy) is 2. The zero-order chi connectivity index (χ0) is 21.3. The number of guanidine groups is 1. The number of rotatable bonds is 8. The molecule has 0 aromatic heterocycles. The highest BCUT2D eigenvalue weighted by molar-refractivity contribution is 6.30. The van der Waals surface area contributed by atoms with Gasteiger partial charge in [0.25, 0.3) is 0 Å². The topological polar surface area (TPSA) is 61.4 Å². The molecule has 1 aromatic carbocycles.